The summed E-state index contributed by atoms with van der Waals surface area (Å²) in [5.41, 5.74) is 0.423. The molecule has 1 amide bonds. The van der Waals surface area contributed by atoms with Crippen molar-refractivity contribution >= 4 is 15.9 Å². The lowest BCUT2D eigenvalue weighted by atomic mass is 9.81. The number of aliphatic hydroxyl groups excluding tert-OH is 1. The zero-order valence-electron chi connectivity index (χ0n) is 24.3. The van der Waals surface area contributed by atoms with Gasteiger partial charge in [-0.25, -0.2) is 8.42 Å². The summed E-state index contributed by atoms with van der Waals surface area (Å²) in [5, 5.41) is 14.7. The third-order valence-electron chi connectivity index (χ3n) is 7.71. The molecule has 1 aliphatic carbocycles. The summed E-state index contributed by atoms with van der Waals surface area (Å²) in [4.78, 5) is 13.9. The highest BCUT2D eigenvalue weighted by atomic mass is 32.2. The fraction of sp³-hybridized carbons (Fsp3) is 0.581. The SMILES string of the molecule is CCOCCC1(C(=O)N[C@@H](Cc2ccccc2)[C@@H](O)CN(CC(C)C)S(=O)(=O)c2ccc(OC)cc2)CCCC1. The Labute approximate surface area is 240 Å². The van der Waals surface area contributed by atoms with Gasteiger partial charge in [0.25, 0.3) is 0 Å². The van der Waals surface area contributed by atoms with E-state index in [0.717, 1.165) is 31.2 Å². The van der Waals surface area contributed by atoms with Crippen LogP contribution in [0.2, 0.25) is 0 Å². The minimum absolute atomic E-state index is 0.0303. The van der Waals surface area contributed by atoms with E-state index < -0.39 is 27.6 Å². The number of carbonyl (C=O) groups excluding carboxylic acids is 1. The molecule has 2 aromatic carbocycles. The molecule has 2 atom stereocenters. The van der Waals surface area contributed by atoms with Gasteiger partial charge < -0.3 is 19.9 Å². The van der Waals surface area contributed by atoms with Crippen molar-refractivity contribution in [2.75, 3.05) is 33.4 Å². The molecule has 1 fully saturated rings. The number of aliphatic hydroxyl groups is 1. The molecule has 222 valence electrons. The number of hydrogen-bond donors (Lipinski definition) is 2. The molecule has 0 heterocycles. The number of hydrogen-bond acceptors (Lipinski definition) is 6. The average molecular weight is 575 g/mol. The Morgan fingerprint density at radius 1 is 1.05 bits per heavy atom. The Kier molecular flexibility index (Phi) is 12.0. The van der Waals surface area contributed by atoms with E-state index >= 15 is 0 Å². The predicted molar refractivity (Wildman–Crippen MR) is 157 cm³/mol. The monoisotopic (exact) mass is 574 g/mol. The van der Waals surface area contributed by atoms with Crippen LogP contribution in [0.25, 0.3) is 0 Å². The fourth-order valence-electron chi connectivity index (χ4n) is 5.44. The van der Waals surface area contributed by atoms with Crippen LogP contribution in [0.15, 0.2) is 59.5 Å². The van der Waals surface area contributed by atoms with Gasteiger partial charge >= 0.3 is 0 Å². The minimum Gasteiger partial charge on any atom is -0.497 e. The van der Waals surface area contributed by atoms with Crippen LogP contribution >= 0.6 is 0 Å². The summed E-state index contributed by atoms with van der Waals surface area (Å²) in [5.74, 6) is 0.506. The third-order valence-corrected chi connectivity index (χ3v) is 9.55. The Morgan fingerprint density at radius 2 is 1.70 bits per heavy atom. The molecule has 0 bridgehead atoms. The smallest absolute Gasteiger partial charge is 0.243 e. The maximum atomic E-state index is 13.8. The lowest BCUT2D eigenvalue weighted by Crippen LogP contribution is -2.54. The van der Waals surface area contributed by atoms with E-state index in [0.29, 0.717) is 31.8 Å². The lowest BCUT2D eigenvalue weighted by Gasteiger charge is -2.34. The van der Waals surface area contributed by atoms with Crippen LogP contribution in [0.1, 0.15) is 58.4 Å². The third kappa shape index (κ3) is 8.52. The number of benzene rings is 2. The molecular weight excluding hydrogens is 528 g/mol. The Bertz CT molecular complexity index is 1150. The largest absolute Gasteiger partial charge is 0.497 e. The summed E-state index contributed by atoms with van der Waals surface area (Å²) < 4.78 is 39.5. The topological polar surface area (TPSA) is 105 Å². The zero-order valence-corrected chi connectivity index (χ0v) is 25.2. The lowest BCUT2D eigenvalue weighted by molar-refractivity contribution is -0.133. The van der Waals surface area contributed by atoms with Crippen molar-refractivity contribution in [2.45, 2.75) is 76.3 Å². The minimum atomic E-state index is -3.91. The number of carbonyl (C=O) groups is 1. The number of nitrogens with one attached hydrogen (secondary N) is 1. The normalized spacial score (nSPS) is 16.7. The number of rotatable bonds is 16. The van der Waals surface area contributed by atoms with E-state index in [2.05, 4.69) is 5.32 Å². The summed E-state index contributed by atoms with van der Waals surface area (Å²) in [6, 6.07) is 15.2. The van der Waals surface area contributed by atoms with Gasteiger partial charge in [-0.1, -0.05) is 57.0 Å². The van der Waals surface area contributed by atoms with Crippen molar-refractivity contribution in [3.63, 3.8) is 0 Å². The van der Waals surface area contributed by atoms with Crippen molar-refractivity contribution in [2.24, 2.45) is 11.3 Å². The standard InChI is InChI=1S/C31H46N2O6S/c1-5-39-20-19-31(17-9-10-18-31)30(35)32-28(21-25-11-7-6-8-12-25)29(34)23-33(22-24(2)3)40(36,37)27-15-13-26(38-4)14-16-27/h6-8,11-16,24,28-29,34H,5,9-10,17-23H2,1-4H3,(H,32,35)/t28-,29-/m0/s1. The maximum Gasteiger partial charge on any atom is 0.243 e. The Hall–Kier alpha value is -2.46. The van der Waals surface area contributed by atoms with Crippen LogP contribution in [0.4, 0.5) is 0 Å². The van der Waals surface area contributed by atoms with Gasteiger partial charge in [-0.2, -0.15) is 4.31 Å². The molecule has 2 N–H and O–H groups in total. The molecule has 1 aliphatic rings. The zero-order chi connectivity index (χ0) is 29.2. The van der Waals surface area contributed by atoms with Crippen molar-refractivity contribution in [1.82, 2.24) is 9.62 Å². The molecule has 40 heavy (non-hydrogen) atoms. The second-order valence-corrected chi connectivity index (χ2v) is 13.1. The molecule has 0 aliphatic heterocycles. The number of amides is 1. The number of sulfonamides is 1. The number of nitrogens with zero attached hydrogens (tertiary/aromatic N) is 1. The maximum absolute atomic E-state index is 13.8. The summed E-state index contributed by atoms with van der Waals surface area (Å²) >= 11 is 0. The first kappa shape index (κ1) is 32.1. The predicted octanol–water partition coefficient (Wildman–Crippen LogP) is 4.42. The van der Waals surface area contributed by atoms with Gasteiger partial charge in [0.1, 0.15) is 5.75 Å². The highest BCUT2D eigenvalue weighted by Gasteiger charge is 2.42. The van der Waals surface area contributed by atoms with E-state index in [1.165, 1.54) is 23.5 Å². The molecule has 0 radical (unpaired) electrons. The van der Waals surface area contributed by atoms with Gasteiger partial charge in [-0.3, -0.25) is 4.79 Å². The first-order valence-corrected chi connectivity index (χ1v) is 15.8. The number of methoxy groups -OCH3 is 1. The van der Waals surface area contributed by atoms with Crippen LogP contribution < -0.4 is 10.1 Å². The molecule has 1 saturated carbocycles. The molecule has 0 aromatic heterocycles. The summed E-state index contributed by atoms with van der Waals surface area (Å²) in [7, 11) is -2.38. The molecular formula is C31H46N2O6S. The van der Waals surface area contributed by atoms with Crippen LogP contribution in [-0.2, 0) is 26.0 Å². The highest BCUT2D eigenvalue weighted by Crippen LogP contribution is 2.41. The van der Waals surface area contributed by atoms with Gasteiger partial charge in [0, 0.05) is 26.3 Å². The second-order valence-electron chi connectivity index (χ2n) is 11.2. The van der Waals surface area contributed by atoms with Gasteiger partial charge in [-0.05, 0) is 68.4 Å². The molecule has 0 spiro atoms. The van der Waals surface area contributed by atoms with Crippen molar-refractivity contribution < 1.29 is 27.8 Å². The fourth-order valence-corrected chi connectivity index (χ4v) is 7.06. The van der Waals surface area contributed by atoms with E-state index in [1.54, 1.807) is 12.1 Å². The van der Waals surface area contributed by atoms with Gasteiger partial charge in [0.2, 0.25) is 15.9 Å². The van der Waals surface area contributed by atoms with Gasteiger partial charge in [0.05, 0.1) is 29.6 Å². The molecule has 0 unspecified atom stereocenters. The van der Waals surface area contributed by atoms with Crippen LogP contribution in [-0.4, -0.2) is 69.3 Å². The average Bonchev–Trinajstić information content (AvgIpc) is 3.43. The van der Waals surface area contributed by atoms with Crippen LogP contribution in [0, 0.1) is 11.3 Å². The Morgan fingerprint density at radius 3 is 2.27 bits per heavy atom. The van der Waals surface area contributed by atoms with Gasteiger partial charge in [0.15, 0.2) is 0 Å². The Balaban J connectivity index is 1.87. The first-order valence-electron chi connectivity index (χ1n) is 14.4. The van der Waals surface area contributed by atoms with Crippen molar-refractivity contribution in [3.05, 3.63) is 60.2 Å². The summed E-state index contributed by atoms with van der Waals surface area (Å²) in [6.07, 6.45) is 3.42. The highest BCUT2D eigenvalue weighted by molar-refractivity contribution is 7.89. The second kappa shape index (κ2) is 15.0. The summed E-state index contributed by atoms with van der Waals surface area (Å²) in [6.45, 7) is 7.02. The molecule has 3 rings (SSSR count). The molecule has 2 aromatic rings. The van der Waals surface area contributed by atoms with E-state index in [9.17, 15) is 18.3 Å². The quantitative estimate of drug-likeness (QED) is 0.288. The van der Waals surface area contributed by atoms with E-state index in [4.69, 9.17) is 9.47 Å². The molecule has 8 nitrogen and oxygen atoms in total. The number of ether oxygens (including phenoxy) is 2. The molecule has 0 saturated heterocycles. The van der Waals surface area contributed by atoms with Gasteiger partial charge in [-0.15, -0.1) is 0 Å². The van der Waals surface area contributed by atoms with E-state index in [-0.39, 0.29) is 29.8 Å². The van der Waals surface area contributed by atoms with Crippen LogP contribution in [0.3, 0.4) is 0 Å². The van der Waals surface area contributed by atoms with Crippen molar-refractivity contribution in [3.8, 4) is 5.75 Å². The van der Waals surface area contributed by atoms with Crippen molar-refractivity contribution in [1.29, 1.82) is 0 Å². The first-order chi connectivity index (χ1) is 19.1. The van der Waals surface area contributed by atoms with E-state index in [1.807, 2.05) is 51.1 Å². The van der Waals surface area contributed by atoms with Crippen LogP contribution in [0.5, 0.6) is 5.75 Å². The molecule has 9 heteroatoms.